The number of halogens is 1. The van der Waals surface area contributed by atoms with Gasteiger partial charge in [0.25, 0.3) is 0 Å². The summed E-state index contributed by atoms with van der Waals surface area (Å²) in [6.45, 7) is 6.45. The molecular formula is C13H22ClN5O. The predicted molar refractivity (Wildman–Crippen MR) is 81.1 cm³/mol. The van der Waals surface area contributed by atoms with Gasteiger partial charge in [-0.2, -0.15) is 10.2 Å². The Hall–Kier alpha value is -1.53. The summed E-state index contributed by atoms with van der Waals surface area (Å²) in [4.78, 5) is 0. The van der Waals surface area contributed by atoms with Gasteiger partial charge in [-0.15, -0.1) is 12.4 Å². The third kappa shape index (κ3) is 4.25. The van der Waals surface area contributed by atoms with Crippen LogP contribution in [0.3, 0.4) is 0 Å². The number of hydrogen-bond acceptors (Lipinski definition) is 4. The largest absolute Gasteiger partial charge is 0.394 e. The van der Waals surface area contributed by atoms with Crippen molar-refractivity contribution in [3.8, 4) is 0 Å². The van der Waals surface area contributed by atoms with Crippen LogP contribution in [-0.4, -0.2) is 31.3 Å². The number of aliphatic hydroxyl groups is 1. The highest BCUT2D eigenvalue weighted by Gasteiger charge is 2.05. The maximum Gasteiger partial charge on any atom is 0.148 e. The Bertz CT molecular complexity index is 523. The molecule has 2 rings (SSSR count). The van der Waals surface area contributed by atoms with Gasteiger partial charge in [0.15, 0.2) is 0 Å². The van der Waals surface area contributed by atoms with E-state index < -0.39 is 0 Å². The molecule has 2 N–H and O–H groups in total. The molecule has 7 heteroatoms. The molecule has 0 saturated heterocycles. The van der Waals surface area contributed by atoms with Crippen LogP contribution in [0.2, 0.25) is 0 Å². The van der Waals surface area contributed by atoms with Crippen LogP contribution in [0, 0.1) is 6.92 Å². The Morgan fingerprint density at radius 3 is 2.75 bits per heavy atom. The molecular weight excluding hydrogens is 278 g/mol. The van der Waals surface area contributed by atoms with Gasteiger partial charge in [0, 0.05) is 37.1 Å². The van der Waals surface area contributed by atoms with E-state index in [0.717, 1.165) is 24.5 Å². The number of nitrogens with one attached hydrogen (secondary N) is 1. The van der Waals surface area contributed by atoms with Crippen molar-refractivity contribution in [1.82, 2.24) is 19.6 Å². The highest BCUT2D eigenvalue weighted by Crippen LogP contribution is 2.10. The number of nitrogens with zero attached hydrogens (tertiary/aromatic N) is 4. The van der Waals surface area contributed by atoms with Crippen molar-refractivity contribution in [3.63, 3.8) is 0 Å². The zero-order chi connectivity index (χ0) is 13.7. The average molecular weight is 300 g/mol. The molecule has 0 radical (unpaired) electrons. The number of hydrogen-bond donors (Lipinski definition) is 2. The molecule has 112 valence electrons. The van der Waals surface area contributed by atoms with Gasteiger partial charge in [-0.05, 0) is 13.3 Å². The van der Waals surface area contributed by atoms with E-state index >= 15 is 0 Å². The van der Waals surface area contributed by atoms with Crippen LogP contribution < -0.4 is 5.32 Å². The van der Waals surface area contributed by atoms with E-state index in [1.807, 2.05) is 23.9 Å². The molecule has 0 spiro atoms. The Kier molecular flexibility index (Phi) is 6.54. The summed E-state index contributed by atoms with van der Waals surface area (Å²) < 4.78 is 3.70. The fourth-order valence-electron chi connectivity index (χ4n) is 1.95. The minimum atomic E-state index is 0. The van der Waals surface area contributed by atoms with Crippen LogP contribution >= 0.6 is 12.4 Å². The average Bonchev–Trinajstić information content (AvgIpc) is 2.95. The van der Waals surface area contributed by atoms with Crippen LogP contribution in [0.5, 0.6) is 0 Å². The Balaban J connectivity index is 0.00000200. The molecule has 0 aromatic carbocycles. The summed E-state index contributed by atoms with van der Waals surface area (Å²) in [6, 6.07) is 1.90. The van der Waals surface area contributed by atoms with Gasteiger partial charge < -0.3 is 10.4 Å². The number of aliphatic hydroxyl groups excluding tert-OH is 1. The van der Waals surface area contributed by atoms with E-state index in [4.69, 9.17) is 5.11 Å². The summed E-state index contributed by atoms with van der Waals surface area (Å²) in [5, 5.41) is 20.9. The minimum Gasteiger partial charge on any atom is -0.394 e. The quantitative estimate of drug-likeness (QED) is 0.818. The second kappa shape index (κ2) is 7.91. The maximum absolute atomic E-state index is 8.83. The lowest BCUT2D eigenvalue weighted by Gasteiger charge is -2.01. The molecule has 2 aromatic heterocycles. The first-order chi connectivity index (χ1) is 9.22. The highest BCUT2D eigenvalue weighted by molar-refractivity contribution is 5.85. The molecule has 0 unspecified atom stereocenters. The zero-order valence-electron chi connectivity index (χ0n) is 11.9. The van der Waals surface area contributed by atoms with Crippen molar-refractivity contribution in [2.24, 2.45) is 0 Å². The van der Waals surface area contributed by atoms with E-state index in [0.29, 0.717) is 13.1 Å². The van der Waals surface area contributed by atoms with E-state index in [9.17, 15) is 0 Å². The standard InChI is InChI=1S/C13H21N5O.ClH/c1-3-5-18-10-12(11(2)15-18)9-14-13-4-6-17(16-13)7-8-19;/h4,6,10,19H,3,5,7-9H2,1-2H3,(H,14,16);1H. The first-order valence-corrected chi connectivity index (χ1v) is 6.64. The van der Waals surface area contributed by atoms with Crippen LogP contribution in [0.1, 0.15) is 24.6 Å². The summed E-state index contributed by atoms with van der Waals surface area (Å²) >= 11 is 0. The van der Waals surface area contributed by atoms with Crippen LogP contribution in [0.4, 0.5) is 5.82 Å². The van der Waals surface area contributed by atoms with Crippen LogP contribution in [0.25, 0.3) is 0 Å². The molecule has 0 saturated carbocycles. The van der Waals surface area contributed by atoms with Gasteiger partial charge in [-0.1, -0.05) is 6.92 Å². The van der Waals surface area contributed by atoms with Crippen molar-refractivity contribution >= 4 is 18.2 Å². The smallest absolute Gasteiger partial charge is 0.148 e. The molecule has 2 aromatic rings. The lowest BCUT2D eigenvalue weighted by molar-refractivity contribution is 0.269. The molecule has 6 nitrogen and oxygen atoms in total. The first-order valence-electron chi connectivity index (χ1n) is 6.64. The van der Waals surface area contributed by atoms with Gasteiger partial charge in [-0.25, -0.2) is 0 Å². The summed E-state index contributed by atoms with van der Waals surface area (Å²) in [5.41, 5.74) is 2.24. The fourth-order valence-corrected chi connectivity index (χ4v) is 1.95. The molecule has 0 amide bonds. The number of anilines is 1. The summed E-state index contributed by atoms with van der Waals surface area (Å²) in [7, 11) is 0. The first kappa shape index (κ1) is 16.5. The second-order valence-corrected chi connectivity index (χ2v) is 4.54. The maximum atomic E-state index is 8.83. The van der Waals surface area contributed by atoms with Gasteiger partial charge in [0.05, 0.1) is 18.8 Å². The SMILES string of the molecule is CCCn1cc(CNc2ccn(CCO)n2)c(C)n1.Cl. The minimum absolute atomic E-state index is 0. The van der Waals surface area contributed by atoms with Crippen molar-refractivity contribution in [1.29, 1.82) is 0 Å². The van der Waals surface area contributed by atoms with Crippen LogP contribution in [0.15, 0.2) is 18.5 Å². The van der Waals surface area contributed by atoms with Crippen LogP contribution in [-0.2, 0) is 19.6 Å². The van der Waals surface area contributed by atoms with Crippen molar-refractivity contribution in [3.05, 3.63) is 29.7 Å². The van der Waals surface area contributed by atoms with Gasteiger partial charge in [0.1, 0.15) is 5.82 Å². The Morgan fingerprint density at radius 2 is 2.05 bits per heavy atom. The third-order valence-electron chi connectivity index (χ3n) is 2.93. The monoisotopic (exact) mass is 299 g/mol. The van der Waals surface area contributed by atoms with Gasteiger partial charge in [0.2, 0.25) is 0 Å². The van der Waals surface area contributed by atoms with E-state index in [2.05, 4.69) is 28.6 Å². The number of aryl methyl sites for hydroxylation is 2. The van der Waals surface area contributed by atoms with E-state index in [-0.39, 0.29) is 19.0 Å². The molecule has 0 atom stereocenters. The molecule has 0 aliphatic rings. The lowest BCUT2D eigenvalue weighted by atomic mass is 10.2. The molecule has 2 heterocycles. The number of aromatic nitrogens is 4. The Labute approximate surface area is 125 Å². The van der Waals surface area contributed by atoms with Crippen molar-refractivity contribution in [2.45, 2.75) is 39.9 Å². The molecule has 0 aliphatic carbocycles. The van der Waals surface area contributed by atoms with E-state index in [1.54, 1.807) is 4.68 Å². The topological polar surface area (TPSA) is 67.9 Å². The summed E-state index contributed by atoms with van der Waals surface area (Å²) in [6.07, 6.45) is 5.02. The zero-order valence-corrected chi connectivity index (χ0v) is 12.7. The highest BCUT2D eigenvalue weighted by atomic mass is 35.5. The van der Waals surface area contributed by atoms with Crippen molar-refractivity contribution in [2.75, 3.05) is 11.9 Å². The van der Waals surface area contributed by atoms with Gasteiger partial charge >= 0.3 is 0 Å². The molecule has 0 bridgehead atoms. The molecule has 0 aliphatic heterocycles. The Morgan fingerprint density at radius 1 is 1.25 bits per heavy atom. The van der Waals surface area contributed by atoms with E-state index in [1.165, 1.54) is 5.56 Å². The normalized spacial score (nSPS) is 10.3. The predicted octanol–water partition coefficient (Wildman–Crippen LogP) is 1.82. The van der Waals surface area contributed by atoms with Gasteiger partial charge in [-0.3, -0.25) is 9.36 Å². The fraction of sp³-hybridized carbons (Fsp3) is 0.538. The lowest BCUT2D eigenvalue weighted by Crippen LogP contribution is -2.05. The molecule has 20 heavy (non-hydrogen) atoms. The second-order valence-electron chi connectivity index (χ2n) is 4.54. The summed E-state index contributed by atoms with van der Waals surface area (Å²) in [5.74, 6) is 0.816. The van der Waals surface area contributed by atoms with Crippen molar-refractivity contribution < 1.29 is 5.11 Å². The number of rotatable bonds is 7. The molecule has 0 fully saturated rings. The third-order valence-corrected chi connectivity index (χ3v) is 2.93.